The summed E-state index contributed by atoms with van der Waals surface area (Å²) in [6, 6.07) is 4.43. The first-order valence-corrected chi connectivity index (χ1v) is 6.70. The number of carbonyl (C=O) groups excluding carboxylic acids is 1. The second kappa shape index (κ2) is 5.44. The van der Waals surface area contributed by atoms with E-state index in [0.29, 0.717) is 10.9 Å². The smallest absolute Gasteiger partial charge is 0.355 e. The molecule has 0 unspecified atom stereocenters. The van der Waals surface area contributed by atoms with Gasteiger partial charge in [0.15, 0.2) is 0 Å². The van der Waals surface area contributed by atoms with Gasteiger partial charge in [0.25, 0.3) is 11.7 Å². The lowest BCUT2D eigenvalue weighted by molar-refractivity contribution is -0.383. The van der Waals surface area contributed by atoms with E-state index in [0.717, 1.165) is 0 Å². The molecule has 0 saturated heterocycles. The molecule has 0 fully saturated rings. The number of hydrogen-bond donors (Lipinski definition) is 2. The van der Waals surface area contributed by atoms with Gasteiger partial charge < -0.3 is 19.9 Å². The Bertz CT molecular complexity index is 911. The number of nitrogens with two attached hydrogens (primary N) is 1. The van der Waals surface area contributed by atoms with Crippen molar-refractivity contribution in [1.82, 2.24) is 9.97 Å². The van der Waals surface area contributed by atoms with Gasteiger partial charge in [0.2, 0.25) is 0 Å². The van der Waals surface area contributed by atoms with Crippen molar-refractivity contribution in [3.05, 3.63) is 40.3 Å². The summed E-state index contributed by atoms with van der Waals surface area (Å²) in [5, 5.41) is 11.6. The average Bonchev–Trinajstić information content (AvgIpc) is 3.09. The second-order valence-electron chi connectivity index (χ2n) is 4.62. The van der Waals surface area contributed by atoms with E-state index in [2.05, 4.69) is 9.97 Å². The highest BCUT2D eigenvalue weighted by atomic mass is 16.6. The number of nitro benzene ring substituents is 1. The maximum Gasteiger partial charge on any atom is 0.355 e. The molecule has 118 valence electrons. The molecular formula is C14H12N4O5. The molecule has 9 heteroatoms. The molecule has 0 amide bonds. The van der Waals surface area contributed by atoms with E-state index in [1.165, 1.54) is 18.4 Å². The molecule has 0 spiro atoms. The van der Waals surface area contributed by atoms with Crippen LogP contribution in [0.2, 0.25) is 0 Å². The molecule has 23 heavy (non-hydrogen) atoms. The van der Waals surface area contributed by atoms with Crippen LogP contribution >= 0.6 is 0 Å². The van der Waals surface area contributed by atoms with E-state index in [4.69, 9.17) is 14.9 Å². The first-order valence-electron chi connectivity index (χ1n) is 6.70. The molecule has 3 aromatic rings. The summed E-state index contributed by atoms with van der Waals surface area (Å²) in [6.45, 7) is 1.83. The van der Waals surface area contributed by atoms with Crippen molar-refractivity contribution in [2.24, 2.45) is 0 Å². The number of ether oxygens (including phenoxy) is 1. The zero-order valence-electron chi connectivity index (χ0n) is 12.0. The third kappa shape index (κ3) is 2.37. The molecular weight excluding hydrogens is 304 g/mol. The van der Waals surface area contributed by atoms with Crippen LogP contribution in [0.3, 0.4) is 0 Å². The second-order valence-corrected chi connectivity index (χ2v) is 4.62. The Morgan fingerprint density at radius 1 is 1.52 bits per heavy atom. The fourth-order valence-electron chi connectivity index (χ4n) is 2.38. The zero-order chi connectivity index (χ0) is 16.6. The van der Waals surface area contributed by atoms with Gasteiger partial charge in [-0.25, -0.2) is 4.79 Å². The average molecular weight is 316 g/mol. The van der Waals surface area contributed by atoms with Gasteiger partial charge in [0, 0.05) is 17.0 Å². The molecule has 0 radical (unpaired) electrons. The van der Waals surface area contributed by atoms with Gasteiger partial charge in [0.1, 0.15) is 23.2 Å². The summed E-state index contributed by atoms with van der Waals surface area (Å²) in [5.41, 5.74) is 6.23. The number of nitrogens with one attached hydrogen (secondary N) is 1. The summed E-state index contributed by atoms with van der Waals surface area (Å²) in [7, 11) is 0. The number of nitrogens with zero attached hydrogens (tertiary/aromatic N) is 2. The molecule has 1 aromatic carbocycles. The van der Waals surface area contributed by atoms with E-state index in [9.17, 15) is 14.9 Å². The number of hydrogen-bond acceptors (Lipinski definition) is 7. The lowest BCUT2D eigenvalue weighted by atomic mass is 10.1. The van der Waals surface area contributed by atoms with Crippen molar-refractivity contribution in [3.63, 3.8) is 0 Å². The fourth-order valence-corrected chi connectivity index (χ4v) is 2.38. The number of esters is 1. The SMILES string of the molecule is CCOC(=O)c1[nH]c2c([N+](=O)[O-])cccc2c1-c1coc(N)n1. The topological polar surface area (TPSA) is 137 Å². The van der Waals surface area contributed by atoms with Crippen molar-refractivity contribution < 1.29 is 18.9 Å². The van der Waals surface area contributed by atoms with Crippen molar-refractivity contribution in [1.29, 1.82) is 0 Å². The van der Waals surface area contributed by atoms with Crippen LogP contribution in [-0.4, -0.2) is 27.5 Å². The van der Waals surface area contributed by atoms with Gasteiger partial charge in [-0.3, -0.25) is 10.1 Å². The Kier molecular flexibility index (Phi) is 3.45. The molecule has 3 rings (SSSR count). The Balaban J connectivity index is 2.34. The molecule has 2 heterocycles. The summed E-state index contributed by atoms with van der Waals surface area (Å²) >= 11 is 0. The molecule has 0 atom stereocenters. The molecule has 0 aliphatic carbocycles. The number of rotatable bonds is 4. The van der Waals surface area contributed by atoms with Crippen LogP contribution in [0.4, 0.5) is 11.7 Å². The molecule has 0 aliphatic rings. The fraction of sp³-hybridized carbons (Fsp3) is 0.143. The van der Waals surface area contributed by atoms with Gasteiger partial charge in [0.05, 0.1) is 11.5 Å². The first-order chi connectivity index (χ1) is 11.0. The maximum absolute atomic E-state index is 12.2. The molecule has 2 aromatic heterocycles. The summed E-state index contributed by atoms with van der Waals surface area (Å²) in [5.74, 6) is -0.644. The normalized spacial score (nSPS) is 10.8. The Labute approximate surface area is 129 Å². The number of H-pyrrole nitrogens is 1. The summed E-state index contributed by atoms with van der Waals surface area (Å²) in [4.78, 5) is 29.6. The number of aromatic nitrogens is 2. The number of oxazole rings is 1. The monoisotopic (exact) mass is 316 g/mol. The highest BCUT2D eigenvalue weighted by Crippen LogP contribution is 2.36. The number of fused-ring (bicyclic) bond motifs is 1. The molecule has 0 bridgehead atoms. The number of para-hydroxylation sites is 1. The van der Waals surface area contributed by atoms with Gasteiger partial charge >= 0.3 is 5.97 Å². The number of non-ortho nitro benzene ring substituents is 1. The number of nitrogen functional groups attached to an aromatic ring is 1. The Hall–Kier alpha value is -3.36. The number of carbonyl (C=O) groups is 1. The number of nitro groups is 1. The van der Waals surface area contributed by atoms with Gasteiger partial charge in [-0.05, 0) is 6.92 Å². The largest absolute Gasteiger partial charge is 0.461 e. The number of aromatic amines is 1. The highest BCUT2D eigenvalue weighted by Gasteiger charge is 2.26. The number of benzene rings is 1. The standard InChI is InChI=1S/C14H12N4O5/c1-2-22-13(19)12-10(8-6-23-14(15)16-8)7-4-3-5-9(18(20)21)11(7)17-12/h3-6,17H,2H2,1H3,(H2,15,16). The van der Waals surface area contributed by atoms with E-state index < -0.39 is 10.9 Å². The third-order valence-corrected chi connectivity index (χ3v) is 3.27. The van der Waals surface area contributed by atoms with Gasteiger partial charge in [-0.15, -0.1) is 0 Å². The predicted octanol–water partition coefficient (Wildman–Crippen LogP) is 2.49. The quantitative estimate of drug-likeness (QED) is 0.428. The summed E-state index contributed by atoms with van der Waals surface area (Å²) < 4.78 is 9.97. The van der Waals surface area contributed by atoms with E-state index in [1.54, 1.807) is 13.0 Å². The van der Waals surface area contributed by atoms with Gasteiger partial charge in [-0.2, -0.15) is 4.98 Å². The molecule has 3 N–H and O–H groups in total. The Morgan fingerprint density at radius 3 is 2.91 bits per heavy atom. The lowest BCUT2D eigenvalue weighted by Gasteiger charge is -2.01. The van der Waals surface area contributed by atoms with Crippen LogP contribution in [0.25, 0.3) is 22.2 Å². The third-order valence-electron chi connectivity index (χ3n) is 3.27. The minimum absolute atomic E-state index is 0.0597. The predicted molar refractivity (Wildman–Crippen MR) is 80.8 cm³/mol. The molecule has 0 aliphatic heterocycles. The highest BCUT2D eigenvalue weighted by molar-refractivity contribution is 6.09. The van der Waals surface area contributed by atoms with Gasteiger partial charge in [-0.1, -0.05) is 12.1 Å². The first kappa shape index (κ1) is 14.6. The van der Waals surface area contributed by atoms with E-state index in [-0.39, 0.29) is 35.2 Å². The van der Waals surface area contributed by atoms with E-state index in [1.807, 2.05) is 0 Å². The van der Waals surface area contributed by atoms with E-state index >= 15 is 0 Å². The number of anilines is 1. The van der Waals surface area contributed by atoms with Crippen LogP contribution in [0.1, 0.15) is 17.4 Å². The Morgan fingerprint density at radius 2 is 2.30 bits per heavy atom. The van der Waals surface area contributed by atoms with Crippen molar-refractivity contribution in [2.75, 3.05) is 12.3 Å². The lowest BCUT2D eigenvalue weighted by Crippen LogP contribution is -2.06. The minimum atomic E-state index is -0.644. The van der Waals surface area contributed by atoms with Crippen molar-refractivity contribution >= 4 is 28.6 Å². The minimum Gasteiger partial charge on any atom is -0.461 e. The van der Waals surface area contributed by atoms with Crippen molar-refractivity contribution in [3.8, 4) is 11.3 Å². The summed E-state index contributed by atoms with van der Waals surface area (Å²) in [6.07, 6.45) is 1.28. The van der Waals surface area contributed by atoms with Crippen LogP contribution < -0.4 is 5.73 Å². The van der Waals surface area contributed by atoms with Crippen LogP contribution in [0.5, 0.6) is 0 Å². The van der Waals surface area contributed by atoms with Crippen molar-refractivity contribution in [2.45, 2.75) is 6.92 Å². The zero-order valence-corrected chi connectivity index (χ0v) is 12.0. The maximum atomic E-state index is 12.2. The van der Waals surface area contributed by atoms with Crippen LogP contribution in [0.15, 0.2) is 28.9 Å². The molecule has 9 nitrogen and oxygen atoms in total. The van der Waals surface area contributed by atoms with Crippen LogP contribution in [-0.2, 0) is 4.74 Å². The molecule has 0 saturated carbocycles. The van der Waals surface area contributed by atoms with Crippen LogP contribution in [0, 0.1) is 10.1 Å².